The molecule has 10 nitrogen and oxygen atoms in total. The number of benzene rings is 1. The monoisotopic (exact) mass is 496 g/mol. The molecule has 5 rings (SSSR count). The fourth-order valence-electron chi connectivity index (χ4n) is 4.07. The van der Waals surface area contributed by atoms with Crippen LogP contribution in [0.1, 0.15) is 23.1 Å². The van der Waals surface area contributed by atoms with E-state index in [0.29, 0.717) is 35.4 Å². The number of rotatable bonds is 3. The van der Waals surface area contributed by atoms with Crippen LogP contribution in [0.15, 0.2) is 41.5 Å². The molecule has 0 N–H and O–H groups in total. The Morgan fingerprint density at radius 1 is 1.11 bits per heavy atom. The number of ether oxygens (including phenoxy) is 1. The van der Waals surface area contributed by atoms with E-state index in [1.165, 1.54) is 12.1 Å². The zero-order valence-electron chi connectivity index (χ0n) is 19.2. The number of alkyl halides is 3. The zero-order valence-corrected chi connectivity index (χ0v) is 19.2. The Hall–Kier alpha value is -4.31. The van der Waals surface area contributed by atoms with Gasteiger partial charge in [-0.15, -0.1) is 0 Å². The van der Waals surface area contributed by atoms with Crippen LogP contribution in [-0.2, 0) is 25.0 Å². The first-order valence-corrected chi connectivity index (χ1v) is 10.9. The van der Waals surface area contributed by atoms with Gasteiger partial charge in [0.1, 0.15) is 17.3 Å². The van der Waals surface area contributed by atoms with Gasteiger partial charge in [-0.2, -0.15) is 23.5 Å². The number of halogens is 3. The molecule has 4 heterocycles. The van der Waals surface area contributed by atoms with E-state index in [0.717, 1.165) is 12.6 Å². The molecule has 184 valence electrons. The summed E-state index contributed by atoms with van der Waals surface area (Å²) in [6, 6.07) is 8.13. The highest BCUT2D eigenvalue weighted by atomic mass is 19.4. The Morgan fingerprint density at radius 3 is 2.50 bits per heavy atom. The van der Waals surface area contributed by atoms with Gasteiger partial charge in [0.2, 0.25) is 11.8 Å². The molecule has 0 spiro atoms. The summed E-state index contributed by atoms with van der Waals surface area (Å²) >= 11 is 0. The first-order valence-electron chi connectivity index (χ1n) is 10.9. The number of fused-ring (bicyclic) bond motifs is 1. The Bertz CT molecular complexity index is 1550. The Labute approximate surface area is 202 Å². The number of aromatic nitrogens is 6. The third-order valence-corrected chi connectivity index (χ3v) is 5.90. The van der Waals surface area contributed by atoms with Gasteiger partial charge < -0.3 is 9.64 Å². The number of hydrogen-bond donors (Lipinski definition) is 0. The highest BCUT2D eigenvalue weighted by Crippen LogP contribution is 2.32. The molecule has 0 aliphatic carbocycles. The summed E-state index contributed by atoms with van der Waals surface area (Å²) in [5.74, 6) is -1.19. The number of hydrogen-bond acceptors (Lipinski definition) is 8. The summed E-state index contributed by atoms with van der Waals surface area (Å²) in [6.07, 6.45) is -1.67. The van der Waals surface area contributed by atoms with Crippen molar-refractivity contribution >= 4 is 17.0 Å². The topological polar surface area (TPSA) is 115 Å². The largest absolute Gasteiger partial charge is 0.449 e. The maximum absolute atomic E-state index is 13.6. The normalized spacial score (nSPS) is 16.3. The lowest BCUT2D eigenvalue weighted by Crippen LogP contribution is -2.39. The molecular weight excluding hydrogens is 477 g/mol. The average molecular weight is 496 g/mol. The molecule has 13 heteroatoms. The predicted molar refractivity (Wildman–Crippen MR) is 122 cm³/mol. The zero-order chi connectivity index (χ0) is 25.6. The molecule has 1 aromatic carbocycles. The van der Waals surface area contributed by atoms with Crippen molar-refractivity contribution < 1.29 is 17.9 Å². The molecule has 3 aromatic heterocycles. The van der Waals surface area contributed by atoms with Crippen LogP contribution in [0.2, 0.25) is 0 Å². The smallest absolute Gasteiger partial charge is 0.370 e. The minimum Gasteiger partial charge on any atom is -0.370 e. The summed E-state index contributed by atoms with van der Waals surface area (Å²) in [4.78, 5) is 27.5. The summed E-state index contributed by atoms with van der Waals surface area (Å²) < 4.78 is 48.9. The Morgan fingerprint density at radius 2 is 1.86 bits per heavy atom. The van der Waals surface area contributed by atoms with Crippen molar-refractivity contribution in [3.05, 3.63) is 64.0 Å². The lowest BCUT2D eigenvalue weighted by Gasteiger charge is -2.32. The molecule has 0 amide bonds. The second-order valence-corrected chi connectivity index (χ2v) is 8.31. The first-order chi connectivity index (χ1) is 17.2. The van der Waals surface area contributed by atoms with Gasteiger partial charge in [0.05, 0.1) is 31.0 Å². The van der Waals surface area contributed by atoms with Gasteiger partial charge in [0.15, 0.2) is 5.52 Å². The third-order valence-electron chi connectivity index (χ3n) is 5.90. The van der Waals surface area contributed by atoms with Crippen molar-refractivity contribution in [3.8, 4) is 17.3 Å². The van der Waals surface area contributed by atoms with Crippen LogP contribution in [0.25, 0.3) is 22.3 Å². The highest BCUT2D eigenvalue weighted by Gasteiger charge is 2.37. The fraction of sp³-hybridized carbons (Fsp3) is 0.304. The van der Waals surface area contributed by atoms with Crippen LogP contribution in [-0.4, -0.2) is 49.0 Å². The predicted octanol–water partition coefficient (Wildman–Crippen LogP) is 2.59. The standard InChI is InChI=1S/C23H19F3N8O2/c1-32-11-15(10-28-32)16-12-34(7-8-36-16)22-30-17(14-5-3-13(9-27)4-6-14)18-19(31-22)20(35)33(2)21(29-18)23(24,25)26/h3-6,10-11,16H,7-8,12H2,1-2H3/t16-/m1/s1. The molecule has 36 heavy (non-hydrogen) atoms. The minimum absolute atomic E-state index is 0.0621. The van der Waals surface area contributed by atoms with E-state index in [-0.39, 0.29) is 28.8 Å². The second kappa shape index (κ2) is 8.72. The van der Waals surface area contributed by atoms with Crippen molar-refractivity contribution in [2.75, 3.05) is 24.6 Å². The van der Waals surface area contributed by atoms with Gasteiger partial charge in [-0.05, 0) is 12.1 Å². The Kier molecular flexibility index (Phi) is 5.68. The molecule has 1 saturated heterocycles. The van der Waals surface area contributed by atoms with Gasteiger partial charge in [-0.1, -0.05) is 12.1 Å². The molecular formula is C23H19F3N8O2. The molecule has 0 bridgehead atoms. The average Bonchev–Trinajstić information content (AvgIpc) is 3.31. The van der Waals surface area contributed by atoms with Crippen molar-refractivity contribution in [2.45, 2.75) is 12.3 Å². The van der Waals surface area contributed by atoms with E-state index in [1.807, 2.05) is 17.2 Å². The summed E-state index contributed by atoms with van der Waals surface area (Å²) in [5, 5.41) is 13.3. The van der Waals surface area contributed by atoms with E-state index in [4.69, 9.17) is 10.00 Å². The van der Waals surface area contributed by atoms with Gasteiger partial charge in [0.25, 0.3) is 5.56 Å². The lowest BCUT2D eigenvalue weighted by atomic mass is 10.1. The summed E-state index contributed by atoms with van der Waals surface area (Å²) in [5.41, 5.74) is 0.228. The maximum atomic E-state index is 13.6. The number of anilines is 1. The molecule has 0 radical (unpaired) electrons. The number of nitriles is 1. The van der Waals surface area contributed by atoms with Crippen molar-refractivity contribution in [1.82, 2.24) is 29.3 Å². The van der Waals surface area contributed by atoms with Gasteiger partial charge >= 0.3 is 6.18 Å². The highest BCUT2D eigenvalue weighted by molar-refractivity contribution is 5.89. The quantitative estimate of drug-likeness (QED) is 0.425. The van der Waals surface area contributed by atoms with Crippen LogP contribution < -0.4 is 10.5 Å². The maximum Gasteiger partial charge on any atom is 0.449 e. The van der Waals surface area contributed by atoms with Crippen LogP contribution in [0.4, 0.5) is 19.1 Å². The minimum atomic E-state index is -4.86. The van der Waals surface area contributed by atoms with Crippen molar-refractivity contribution in [2.24, 2.45) is 14.1 Å². The van der Waals surface area contributed by atoms with Crippen LogP contribution in [0.5, 0.6) is 0 Å². The number of morpholine rings is 1. The molecule has 1 atom stereocenters. The van der Waals surface area contributed by atoms with Crippen LogP contribution in [0, 0.1) is 11.3 Å². The van der Waals surface area contributed by atoms with E-state index in [1.54, 1.807) is 30.1 Å². The third kappa shape index (κ3) is 4.16. The van der Waals surface area contributed by atoms with E-state index < -0.39 is 17.6 Å². The van der Waals surface area contributed by atoms with Gasteiger partial charge in [0, 0.05) is 38.0 Å². The Balaban J connectivity index is 1.69. The molecule has 0 saturated carbocycles. The SMILES string of the molecule is Cn1cc([C@H]2CN(c3nc(-c4ccc(C#N)cc4)c4nc(C(F)(F)F)n(C)c(=O)c4n3)CCO2)cn1. The van der Waals surface area contributed by atoms with Gasteiger partial charge in [-0.25, -0.2) is 15.0 Å². The summed E-state index contributed by atoms with van der Waals surface area (Å²) in [7, 11) is 2.80. The second-order valence-electron chi connectivity index (χ2n) is 8.31. The molecule has 1 aliphatic rings. The summed E-state index contributed by atoms with van der Waals surface area (Å²) in [6.45, 7) is 1.10. The molecule has 1 fully saturated rings. The number of nitrogens with zero attached hydrogens (tertiary/aromatic N) is 8. The molecule has 1 aliphatic heterocycles. The molecule has 0 unspecified atom stereocenters. The van der Waals surface area contributed by atoms with Crippen LogP contribution in [0.3, 0.4) is 0 Å². The van der Waals surface area contributed by atoms with Crippen molar-refractivity contribution in [1.29, 1.82) is 5.26 Å². The van der Waals surface area contributed by atoms with E-state index in [9.17, 15) is 18.0 Å². The first kappa shape index (κ1) is 23.4. The fourth-order valence-corrected chi connectivity index (χ4v) is 4.07. The van der Waals surface area contributed by atoms with E-state index >= 15 is 0 Å². The number of aryl methyl sites for hydroxylation is 1. The molecule has 4 aromatic rings. The van der Waals surface area contributed by atoms with E-state index in [2.05, 4.69) is 20.1 Å². The van der Waals surface area contributed by atoms with Gasteiger partial charge in [-0.3, -0.25) is 14.0 Å². The van der Waals surface area contributed by atoms with Crippen molar-refractivity contribution in [3.63, 3.8) is 0 Å². The lowest BCUT2D eigenvalue weighted by molar-refractivity contribution is -0.147. The van der Waals surface area contributed by atoms with Crippen LogP contribution >= 0.6 is 0 Å².